The van der Waals surface area contributed by atoms with Gasteiger partial charge in [0.15, 0.2) is 11.4 Å². The van der Waals surface area contributed by atoms with Crippen LogP contribution in [0.15, 0.2) is 41.5 Å². The maximum Gasteiger partial charge on any atom is 0.338 e. The van der Waals surface area contributed by atoms with Crippen LogP contribution in [0.25, 0.3) is 0 Å². The van der Waals surface area contributed by atoms with Crippen molar-refractivity contribution in [3.05, 3.63) is 47.0 Å². The molecule has 218 valence electrons. The minimum Gasteiger partial charge on any atom is -0.455 e. The number of carbonyl (C=O) groups excluding carboxylic acids is 3. The highest BCUT2D eigenvalue weighted by molar-refractivity contribution is 5.94. The van der Waals surface area contributed by atoms with E-state index < -0.39 is 76.2 Å². The lowest BCUT2D eigenvalue weighted by molar-refractivity contribution is -0.346. The molecule has 0 amide bonds. The van der Waals surface area contributed by atoms with Crippen molar-refractivity contribution in [2.24, 2.45) is 16.7 Å². The highest BCUT2D eigenvalue weighted by Gasteiger charge is 2.77. The van der Waals surface area contributed by atoms with Gasteiger partial charge in [0.05, 0.1) is 35.7 Å². The van der Waals surface area contributed by atoms with Gasteiger partial charge in [-0.2, -0.15) is 0 Å². The molecule has 0 radical (unpaired) electrons. The van der Waals surface area contributed by atoms with E-state index >= 15 is 0 Å². The maximum absolute atomic E-state index is 14.4. The first-order valence-electron chi connectivity index (χ1n) is 13.8. The molecule has 2 saturated carbocycles. The Morgan fingerprint density at radius 2 is 1.75 bits per heavy atom. The molecule has 40 heavy (non-hydrogen) atoms. The van der Waals surface area contributed by atoms with Crippen LogP contribution >= 0.6 is 0 Å². The number of carbonyl (C=O) groups is 3. The monoisotopic (exact) mass is 558 g/mol. The third kappa shape index (κ3) is 3.69. The molecule has 3 aliphatic carbocycles. The summed E-state index contributed by atoms with van der Waals surface area (Å²) in [6, 6.07) is 8.10. The topological polar surface area (TPSA) is 160 Å². The average molecular weight is 559 g/mol. The van der Waals surface area contributed by atoms with Gasteiger partial charge in [-0.05, 0) is 37.1 Å². The number of hydrogen-bond acceptors (Lipinski definition) is 10. The van der Waals surface area contributed by atoms with E-state index in [0.29, 0.717) is 5.57 Å². The van der Waals surface area contributed by atoms with E-state index in [1.54, 1.807) is 45.9 Å². The molecule has 1 heterocycles. The second-order valence-electron chi connectivity index (χ2n) is 12.4. The highest BCUT2D eigenvalue weighted by atomic mass is 16.6. The summed E-state index contributed by atoms with van der Waals surface area (Å²) in [5.41, 5.74) is -6.24. The van der Waals surface area contributed by atoms with Crippen molar-refractivity contribution in [2.45, 2.75) is 95.6 Å². The Morgan fingerprint density at radius 1 is 1.10 bits per heavy atom. The summed E-state index contributed by atoms with van der Waals surface area (Å²) in [6.45, 7) is 7.73. The van der Waals surface area contributed by atoms with Crippen LogP contribution in [0.2, 0.25) is 0 Å². The fourth-order valence-electron chi connectivity index (χ4n) is 7.68. The number of ether oxygens (including phenoxy) is 3. The predicted octanol–water partition coefficient (Wildman–Crippen LogP) is 1.47. The average Bonchev–Trinajstić information content (AvgIpc) is 2.91. The van der Waals surface area contributed by atoms with Gasteiger partial charge in [0.25, 0.3) is 0 Å². The lowest BCUT2D eigenvalue weighted by Crippen LogP contribution is -2.81. The highest BCUT2D eigenvalue weighted by Crippen LogP contribution is 2.63. The minimum absolute atomic E-state index is 0.00601. The number of Topliss-reactive ketones (excluding diaryl/α,β-unsaturated/α-hetero) is 1. The zero-order chi connectivity index (χ0) is 29.4. The van der Waals surface area contributed by atoms with Gasteiger partial charge >= 0.3 is 11.9 Å². The first-order valence-corrected chi connectivity index (χ1v) is 13.8. The fourth-order valence-corrected chi connectivity index (χ4v) is 7.68. The van der Waals surface area contributed by atoms with Crippen LogP contribution in [0.1, 0.15) is 64.2 Å². The Bertz CT molecular complexity index is 1260. The first kappa shape index (κ1) is 28.9. The molecule has 9 atom stereocenters. The molecule has 1 aromatic rings. The summed E-state index contributed by atoms with van der Waals surface area (Å²) in [5.74, 6) is -3.51. The standard InChI is InChI=1S/C30H38O10/c1-6-20(33)40-29-14-38-19(29)12-18(32)28(5)23(29)25(39-26(36)16-10-8-7-9-11-16)30(37)13-17(31)15(2)21(27(30,3)4)22(34)24(28)35/h7-11,17-19,22-23,25,31-32,34,37H,6,12-14H2,1-5H3/t17-,18-,19+,22+,23-,25-,28+,29-,30+/m0/s1. The molecule has 2 bridgehead atoms. The van der Waals surface area contributed by atoms with Gasteiger partial charge in [0.1, 0.15) is 23.9 Å². The van der Waals surface area contributed by atoms with Gasteiger partial charge in [0, 0.05) is 24.7 Å². The van der Waals surface area contributed by atoms with Gasteiger partial charge in [-0.15, -0.1) is 0 Å². The van der Waals surface area contributed by atoms with Crippen LogP contribution in [-0.4, -0.2) is 86.5 Å². The van der Waals surface area contributed by atoms with Crippen LogP contribution in [0, 0.1) is 16.7 Å². The number of rotatable bonds is 4. The van der Waals surface area contributed by atoms with E-state index in [0.717, 1.165) is 0 Å². The normalized spacial score (nSPS) is 42.0. The SMILES string of the molecule is CCC(=O)O[C@@]12CO[C@@H]1C[C@H](O)[C@@]1(C)C(=O)[C@H](O)C3=C(C)[C@@H](O)C[C@@](O)([C@@H](OC(=O)c4ccccc4)[C@H]21)C3(C)C. The lowest BCUT2D eigenvalue weighted by Gasteiger charge is -2.67. The molecule has 10 nitrogen and oxygen atoms in total. The number of aliphatic hydroxyl groups is 4. The van der Waals surface area contributed by atoms with E-state index in [9.17, 15) is 34.8 Å². The van der Waals surface area contributed by atoms with E-state index in [-0.39, 0.29) is 37.0 Å². The minimum atomic E-state index is -2.07. The molecule has 3 fully saturated rings. The maximum atomic E-state index is 14.4. The number of ketones is 1. The summed E-state index contributed by atoms with van der Waals surface area (Å²) in [7, 11) is 0. The number of fused-ring (bicyclic) bond motifs is 5. The zero-order valence-corrected chi connectivity index (χ0v) is 23.4. The van der Waals surface area contributed by atoms with E-state index in [1.807, 2.05) is 0 Å². The van der Waals surface area contributed by atoms with Crippen molar-refractivity contribution < 1.29 is 49.0 Å². The molecule has 0 spiro atoms. The molecule has 4 N–H and O–H groups in total. The van der Waals surface area contributed by atoms with Gasteiger partial charge < -0.3 is 34.6 Å². The fraction of sp³-hybridized carbons (Fsp3) is 0.633. The van der Waals surface area contributed by atoms with E-state index in [1.165, 1.54) is 19.1 Å². The molecular weight excluding hydrogens is 520 g/mol. The Kier molecular flexibility index (Phi) is 6.83. The van der Waals surface area contributed by atoms with Gasteiger partial charge in [-0.1, -0.05) is 39.0 Å². The van der Waals surface area contributed by atoms with Crippen molar-refractivity contribution in [3.63, 3.8) is 0 Å². The Balaban J connectivity index is 1.81. The van der Waals surface area contributed by atoms with Crippen molar-refractivity contribution in [1.82, 2.24) is 0 Å². The second-order valence-corrected chi connectivity index (χ2v) is 12.4. The molecule has 10 heteroatoms. The molecule has 1 saturated heterocycles. The Hall–Kier alpha value is -2.63. The third-order valence-corrected chi connectivity index (χ3v) is 10.2. The van der Waals surface area contributed by atoms with E-state index in [4.69, 9.17) is 14.2 Å². The summed E-state index contributed by atoms with van der Waals surface area (Å²) < 4.78 is 17.9. The second kappa shape index (κ2) is 9.46. The van der Waals surface area contributed by atoms with Crippen LogP contribution in [-0.2, 0) is 23.8 Å². The molecule has 1 aliphatic heterocycles. The molecule has 0 unspecified atom stereocenters. The molecule has 0 aromatic heterocycles. The third-order valence-electron chi connectivity index (χ3n) is 10.2. The molecular formula is C30H38O10. The summed E-state index contributed by atoms with van der Waals surface area (Å²) >= 11 is 0. The van der Waals surface area contributed by atoms with Crippen LogP contribution in [0.5, 0.6) is 0 Å². The predicted molar refractivity (Wildman–Crippen MR) is 140 cm³/mol. The lowest BCUT2D eigenvalue weighted by atomic mass is 9.44. The Morgan fingerprint density at radius 3 is 2.33 bits per heavy atom. The van der Waals surface area contributed by atoms with Crippen molar-refractivity contribution in [2.75, 3.05) is 6.61 Å². The summed E-state index contributed by atoms with van der Waals surface area (Å²) in [5, 5.41) is 46.9. The number of aliphatic hydroxyl groups excluding tert-OH is 3. The largest absolute Gasteiger partial charge is 0.455 e. The number of esters is 2. The van der Waals surface area contributed by atoms with Gasteiger partial charge in [-0.3, -0.25) is 9.59 Å². The quantitative estimate of drug-likeness (QED) is 0.315. The molecule has 4 aliphatic rings. The van der Waals surface area contributed by atoms with Crippen molar-refractivity contribution >= 4 is 17.7 Å². The Labute approximate surface area is 232 Å². The van der Waals surface area contributed by atoms with Crippen molar-refractivity contribution in [3.8, 4) is 0 Å². The van der Waals surface area contributed by atoms with E-state index in [2.05, 4.69) is 0 Å². The van der Waals surface area contributed by atoms with Gasteiger partial charge in [-0.25, -0.2) is 4.79 Å². The van der Waals surface area contributed by atoms with Crippen LogP contribution in [0.4, 0.5) is 0 Å². The molecule has 5 rings (SSSR count). The number of hydrogen-bond donors (Lipinski definition) is 4. The van der Waals surface area contributed by atoms with Crippen LogP contribution in [0.3, 0.4) is 0 Å². The summed E-state index contributed by atoms with van der Waals surface area (Å²) in [6.07, 6.45) is -7.25. The molecule has 1 aromatic carbocycles. The zero-order valence-electron chi connectivity index (χ0n) is 23.4. The first-order chi connectivity index (χ1) is 18.7. The smallest absolute Gasteiger partial charge is 0.338 e. The van der Waals surface area contributed by atoms with Crippen LogP contribution < -0.4 is 0 Å². The summed E-state index contributed by atoms with van der Waals surface area (Å²) in [4.78, 5) is 40.8. The van der Waals surface area contributed by atoms with Gasteiger partial charge in [0.2, 0.25) is 0 Å². The number of benzene rings is 1. The van der Waals surface area contributed by atoms with Crippen molar-refractivity contribution in [1.29, 1.82) is 0 Å².